The Morgan fingerprint density at radius 3 is 2.76 bits per heavy atom. The van der Waals surface area contributed by atoms with Crippen LogP contribution >= 0.6 is 15.9 Å². The maximum atomic E-state index is 5.49. The van der Waals surface area contributed by atoms with Crippen molar-refractivity contribution in [3.05, 3.63) is 22.6 Å². The Hall–Kier alpha value is -0.360. The molecule has 1 N–H and O–H groups in total. The first-order valence-electron chi connectivity index (χ1n) is 5.80. The summed E-state index contributed by atoms with van der Waals surface area (Å²) in [5.41, 5.74) is 0. The van der Waals surface area contributed by atoms with Crippen LogP contribution < -0.4 is 5.32 Å². The molecule has 1 unspecified atom stereocenters. The monoisotopic (exact) mass is 304 g/mol. The first-order valence-corrected chi connectivity index (χ1v) is 6.60. The highest BCUT2D eigenvalue weighted by Gasteiger charge is 2.08. The van der Waals surface area contributed by atoms with Gasteiger partial charge in [0.1, 0.15) is 5.76 Å². The van der Waals surface area contributed by atoms with Crippen molar-refractivity contribution in [3.63, 3.8) is 0 Å². The van der Waals surface area contributed by atoms with Crippen LogP contribution in [0.25, 0.3) is 0 Å². The summed E-state index contributed by atoms with van der Waals surface area (Å²) in [4.78, 5) is 2.11. The fourth-order valence-corrected chi connectivity index (χ4v) is 1.68. The van der Waals surface area contributed by atoms with Gasteiger partial charge in [-0.1, -0.05) is 0 Å². The van der Waals surface area contributed by atoms with Crippen LogP contribution in [0.3, 0.4) is 0 Å². The third kappa shape index (κ3) is 6.21. The number of hydrogen-bond donors (Lipinski definition) is 1. The Morgan fingerprint density at radius 1 is 1.41 bits per heavy atom. The van der Waals surface area contributed by atoms with Gasteiger partial charge in [-0.05, 0) is 49.1 Å². The van der Waals surface area contributed by atoms with Gasteiger partial charge in [0.2, 0.25) is 0 Å². The Bertz CT molecular complexity index is 315. The summed E-state index contributed by atoms with van der Waals surface area (Å²) in [7, 11) is 4.08. The van der Waals surface area contributed by atoms with Gasteiger partial charge in [0.15, 0.2) is 4.67 Å². The van der Waals surface area contributed by atoms with Crippen molar-refractivity contribution in [2.45, 2.75) is 13.0 Å². The van der Waals surface area contributed by atoms with Gasteiger partial charge in [0.05, 0.1) is 19.3 Å². The number of nitrogens with zero attached hydrogens (tertiary/aromatic N) is 1. The molecule has 1 atom stereocenters. The number of rotatable bonds is 8. The van der Waals surface area contributed by atoms with E-state index in [1.807, 2.05) is 26.2 Å². The summed E-state index contributed by atoms with van der Waals surface area (Å²) >= 11 is 3.29. The summed E-state index contributed by atoms with van der Waals surface area (Å²) in [6.07, 6.45) is 0. The molecule has 1 rings (SSSR count). The normalized spacial score (nSPS) is 13.2. The average molecular weight is 305 g/mol. The lowest BCUT2D eigenvalue weighted by Gasteiger charge is -2.12. The lowest BCUT2D eigenvalue weighted by molar-refractivity contribution is 0.117. The number of furan rings is 1. The van der Waals surface area contributed by atoms with Crippen LogP contribution in [0.4, 0.5) is 0 Å². The van der Waals surface area contributed by atoms with Gasteiger partial charge in [-0.3, -0.25) is 0 Å². The van der Waals surface area contributed by atoms with Crippen LogP contribution in [-0.4, -0.2) is 45.3 Å². The standard InChI is InChI=1S/C12H21BrN2O2/c1-10(11-4-5-12(13)17-11)14-6-8-16-9-7-15(2)3/h4-5,10,14H,6-9H2,1-3H3. The van der Waals surface area contributed by atoms with Crippen molar-refractivity contribution >= 4 is 15.9 Å². The van der Waals surface area contributed by atoms with Gasteiger partial charge < -0.3 is 19.4 Å². The minimum Gasteiger partial charge on any atom is -0.453 e. The minimum absolute atomic E-state index is 0.207. The van der Waals surface area contributed by atoms with Crippen LogP contribution in [0.5, 0.6) is 0 Å². The van der Waals surface area contributed by atoms with Crippen molar-refractivity contribution in [3.8, 4) is 0 Å². The molecule has 0 fully saturated rings. The van der Waals surface area contributed by atoms with Gasteiger partial charge >= 0.3 is 0 Å². The molecule has 17 heavy (non-hydrogen) atoms. The molecular weight excluding hydrogens is 284 g/mol. The second-order valence-electron chi connectivity index (χ2n) is 4.23. The molecule has 0 amide bonds. The molecule has 0 saturated carbocycles. The van der Waals surface area contributed by atoms with E-state index in [0.29, 0.717) is 0 Å². The quantitative estimate of drug-likeness (QED) is 0.748. The molecule has 0 bridgehead atoms. The number of hydrogen-bond acceptors (Lipinski definition) is 4. The fraction of sp³-hybridized carbons (Fsp3) is 0.667. The van der Waals surface area contributed by atoms with Gasteiger partial charge in [-0.15, -0.1) is 0 Å². The lowest BCUT2D eigenvalue weighted by atomic mass is 10.2. The number of ether oxygens (including phenoxy) is 1. The van der Waals surface area contributed by atoms with E-state index in [-0.39, 0.29) is 6.04 Å². The molecule has 0 aliphatic rings. The highest BCUT2D eigenvalue weighted by molar-refractivity contribution is 9.10. The number of halogens is 1. The Labute approximate surface area is 111 Å². The second kappa shape index (κ2) is 7.87. The highest BCUT2D eigenvalue weighted by Crippen LogP contribution is 2.19. The average Bonchev–Trinajstić information content (AvgIpc) is 2.69. The molecular formula is C12H21BrN2O2. The summed E-state index contributed by atoms with van der Waals surface area (Å²) in [5.74, 6) is 0.935. The molecule has 5 heteroatoms. The molecule has 0 radical (unpaired) electrons. The molecule has 0 saturated heterocycles. The topological polar surface area (TPSA) is 37.6 Å². The smallest absolute Gasteiger partial charge is 0.169 e. The Morgan fingerprint density at radius 2 is 2.18 bits per heavy atom. The minimum atomic E-state index is 0.207. The summed E-state index contributed by atoms with van der Waals surface area (Å²) in [5, 5.41) is 3.35. The molecule has 0 aliphatic carbocycles. The SMILES string of the molecule is CC(NCCOCCN(C)C)c1ccc(Br)o1. The van der Waals surface area contributed by atoms with E-state index < -0.39 is 0 Å². The maximum Gasteiger partial charge on any atom is 0.169 e. The van der Waals surface area contributed by atoms with Gasteiger partial charge in [-0.2, -0.15) is 0 Å². The summed E-state index contributed by atoms with van der Waals surface area (Å²) in [6, 6.07) is 4.08. The van der Waals surface area contributed by atoms with Crippen molar-refractivity contribution in [2.75, 3.05) is 40.4 Å². The van der Waals surface area contributed by atoms with E-state index >= 15 is 0 Å². The van der Waals surface area contributed by atoms with Crippen LogP contribution in [0, 0.1) is 0 Å². The van der Waals surface area contributed by atoms with Crippen molar-refractivity contribution in [2.24, 2.45) is 0 Å². The molecule has 1 aromatic rings. The molecule has 0 aliphatic heterocycles. The Balaban J connectivity index is 2.06. The number of nitrogens with one attached hydrogen (secondary N) is 1. The molecule has 4 nitrogen and oxygen atoms in total. The molecule has 1 heterocycles. The molecule has 0 spiro atoms. The van der Waals surface area contributed by atoms with Crippen LogP contribution in [0.1, 0.15) is 18.7 Å². The zero-order valence-electron chi connectivity index (χ0n) is 10.7. The molecule has 98 valence electrons. The van der Waals surface area contributed by atoms with Crippen molar-refractivity contribution in [1.82, 2.24) is 10.2 Å². The summed E-state index contributed by atoms with van der Waals surface area (Å²) in [6.45, 7) is 5.36. The van der Waals surface area contributed by atoms with E-state index in [4.69, 9.17) is 9.15 Å². The van der Waals surface area contributed by atoms with E-state index in [1.165, 1.54) is 0 Å². The second-order valence-corrected chi connectivity index (χ2v) is 5.01. The zero-order chi connectivity index (χ0) is 12.7. The Kier molecular flexibility index (Phi) is 6.80. The molecule has 0 aromatic carbocycles. The largest absolute Gasteiger partial charge is 0.453 e. The van der Waals surface area contributed by atoms with E-state index in [0.717, 1.165) is 36.7 Å². The predicted molar refractivity (Wildman–Crippen MR) is 72.2 cm³/mol. The first kappa shape index (κ1) is 14.7. The predicted octanol–water partition coefficient (Wildman–Crippen LogP) is 2.27. The maximum absolute atomic E-state index is 5.49. The highest BCUT2D eigenvalue weighted by atomic mass is 79.9. The third-order valence-corrected chi connectivity index (χ3v) is 2.83. The van der Waals surface area contributed by atoms with Crippen LogP contribution in [0.2, 0.25) is 0 Å². The van der Waals surface area contributed by atoms with E-state index in [1.54, 1.807) is 0 Å². The zero-order valence-corrected chi connectivity index (χ0v) is 12.3. The van der Waals surface area contributed by atoms with E-state index in [2.05, 4.69) is 33.1 Å². The van der Waals surface area contributed by atoms with Crippen molar-refractivity contribution in [1.29, 1.82) is 0 Å². The lowest BCUT2D eigenvalue weighted by Crippen LogP contribution is -2.25. The van der Waals surface area contributed by atoms with Gasteiger partial charge in [0, 0.05) is 13.1 Å². The third-order valence-electron chi connectivity index (χ3n) is 2.40. The van der Waals surface area contributed by atoms with E-state index in [9.17, 15) is 0 Å². The van der Waals surface area contributed by atoms with Crippen LogP contribution in [-0.2, 0) is 4.74 Å². The van der Waals surface area contributed by atoms with Gasteiger partial charge in [0.25, 0.3) is 0 Å². The molecule has 1 aromatic heterocycles. The van der Waals surface area contributed by atoms with Gasteiger partial charge in [-0.25, -0.2) is 0 Å². The number of likely N-dealkylation sites (N-methyl/N-ethyl adjacent to an activating group) is 1. The summed E-state index contributed by atoms with van der Waals surface area (Å²) < 4.78 is 11.7. The van der Waals surface area contributed by atoms with Crippen LogP contribution in [0.15, 0.2) is 21.2 Å². The first-order chi connectivity index (χ1) is 8.09. The fourth-order valence-electron chi connectivity index (χ4n) is 1.36. The van der Waals surface area contributed by atoms with Crippen molar-refractivity contribution < 1.29 is 9.15 Å².